The summed E-state index contributed by atoms with van der Waals surface area (Å²) in [6.07, 6.45) is 7.18. The van der Waals surface area contributed by atoms with Gasteiger partial charge in [0.1, 0.15) is 5.82 Å². The molecule has 3 rings (SSSR count). The van der Waals surface area contributed by atoms with Crippen LogP contribution in [0.1, 0.15) is 31.2 Å². The van der Waals surface area contributed by atoms with E-state index in [9.17, 15) is 0 Å². The Hall–Kier alpha value is -1.78. The normalized spacial score (nSPS) is 18.9. The average molecular weight is 287 g/mol. The molecule has 2 N–H and O–H groups in total. The summed E-state index contributed by atoms with van der Waals surface area (Å²) >= 11 is 0. The van der Waals surface area contributed by atoms with Crippen molar-refractivity contribution in [2.24, 2.45) is 10.9 Å². The van der Waals surface area contributed by atoms with Crippen LogP contribution in [-0.2, 0) is 6.54 Å². The summed E-state index contributed by atoms with van der Waals surface area (Å²) in [7, 11) is 1.82. The standard InChI is InChI=1S/C16H25N5/c1-17-16(19-11-13-4-5-13)20-12-14-6-7-18-15(10-14)21-8-2-3-9-21/h6-7,10,13H,2-5,8-9,11-12H2,1H3,(H2,17,19,20). The molecule has 0 bridgehead atoms. The van der Waals surface area contributed by atoms with Gasteiger partial charge in [0.2, 0.25) is 0 Å². The van der Waals surface area contributed by atoms with Gasteiger partial charge in [0, 0.05) is 39.4 Å². The van der Waals surface area contributed by atoms with Gasteiger partial charge in [0.25, 0.3) is 0 Å². The molecule has 0 amide bonds. The van der Waals surface area contributed by atoms with Gasteiger partial charge in [-0.15, -0.1) is 0 Å². The van der Waals surface area contributed by atoms with Gasteiger partial charge in [-0.05, 0) is 49.3 Å². The molecule has 0 aromatic carbocycles. The van der Waals surface area contributed by atoms with Crippen LogP contribution in [0.15, 0.2) is 23.3 Å². The molecule has 5 heteroatoms. The lowest BCUT2D eigenvalue weighted by atomic mass is 10.2. The van der Waals surface area contributed by atoms with E-state index in [1.807, 2.05) is 13.2 Å². The first-order chi connectivity index (χ1) is 10.3. The van der Waals surface area contributed by atoms with Crippen LogP contribution >= 0.6 is 0 Å². The Morgan fingerprint density at radius 3 is 2.86 bits per heavy atom. The van der Waals surface area contributed by atoms with E-state index in [4.69, 9.17) is 0 Å². The smallest absolute Gasteiger partial charge is 0.191 e. The van der Waals surface area contributed by atoms with E-state index in [2.05, 4.69) is 37.6 Å². The molecule has 1 aromatic heterocycles. The Bertz CT molecular complexity index is 489. The highest BCUT2D eigenvalue weighted by Crippen LogP contribution is 2.27. The van der Waals surface area contributed by atoms with Crippen molar-refractivity contribution in [1.82, 2.24) is 15.6 Å². The molecule has 1 saturated carbocycles. The zero-order chi connectivity index (χ0) is 14.5. The highest BCUT2D eigenvalue weighted by Gasteiger charge is 2.21. The first-order valence-electron chi connectivity index (χ1n) is 7.99. The van der Waals surface area contributed by atoms with Crippen LogP contribution in [0.25, 0.3) is 0 Å². The summed E-state index contributed by atoms with van der Waals surface area (Å²) in [4.78, 5) is 11.1. The summed E-state index contributed by atoms with van der Waals surface area (Å²) in [5.41, 5.74) is 1.25. The lowest BCUT2D eigenvalue weighted by Gasteiger charge is -2.17. The first kappa shape index (κ1) is 14.2. The Morgan fingerprint density at radius 2 is 2.14 bits per heavy atom. The number of nitrogens with one attached hydrogen (secondary N) is 2. The SMILES string of the molecule is CN=C(NCc1ccnc(N2CCCC2)c1)NCC1CC1. The molecule has 5 nitrogen and oxygen atoms in total. The number of aliphatic imine (C=N–C) groups is 1. The predicted molar refractivity (Wildman–Crippen MR) is 86.6 cm³/mol. The molecular formula is C16H25N5. The van der Waals surface area contributed by atoms with Gasteiger partial charge in [0.15, 0.2) is 5.96 Å². The van der Waals surface area contributed by atoms with E-state index in [0.717, 1.165) is 43.9 Å². The third-order valence-electron chi connectivity index (χ3n) is 4.18. The van der Waals surface area contributed by atoms with Crippen LogP contribution < -0.4 is 15.5 Å². The van der Waals surface area contributed by atoms with Crippen molar-refractivity contribution in [3.05, 3.63) is 23.9 Å². The van der Waals surface area contributed by atoms with Crippen molar-refractivity contribution in [2.45, 2.75) is 32.2 Å². The minimum Gasteiger partial charge on any atom is -0.357 e. The quantitative estimate of drug-likeness (QED) is 0.640. The molecule has 1 aliphatic carbocycles. The molecule has 2 heterocycles. The van der Waals surface area contributed by atoms with Gasteiger partial charge in [-0.2, -0.15) is 0 Å². The van der Waals surface area contributed by atoms with Crippen molar-refractivity contribution >= 4 is 11.8 Å². The molecule has 1 saturated heterocycles. The molecule has 2 fully saturated rings. The monoisotopic (exact) mass is 287 g/mol. The molecule has 21 heavy (non-hydrogen) atoms. The topological polar surface area (TPSA) is 52.6 Å². The zero-order valence-electron chi connectivity index (χ0n) is 12.8. The molecule has 0 spiro atoms. The maximum Gasteiger partial charge on any atom is 0.191 e. The van der Waals surface area contributed by atoms with Gasteiger partial charge in [-0.1, -0.05) is 0 Å². The summed E-state index contributed by atoms with van der Waals surface area (Å²) in [6, 6.07) is 4.26. The van der Waals surface area contributed by atoms with E-state index >= 15 is 0 Å². The van der Waals surface area contributed by atoms with E-state index in [1.165, 1.54) is 31.2 Å². The number of hydrogen-bond acceptors (Lipinski definition) is 3. The Morgan fingerprint density at radius 1 is 1.33 bits per heavy atom. The van der Waals surface area contributed by atoms with Crippen LogP contribution in [0.3, 0.4) is 0 Å². The van der Waals surface area contributed by atoms with Crippen molar-refractivity contribution < 1.29 is 0 Å². The highest BCUT2D eigenvalue weighted by atomic mass is 15.2. The number of guanidine groups is 1. The Balaban J connectivity index is 1.52. The van der Waals surface area contributed by atoms with Gasteiger partial charge in [-0.25, -0.2) is 4.98 Å². The summed E-state index contributed by atoms with van der Waals surface area (Å²) in [6.45, 7) is 4.09. The summed E-state index contributed by atoms with van der Waals surface area (Å²) < 4.78 is 0. The second kappa shape index (κ2) is 6.78. The lowest BCUT2D eigenvalue weighted by molar-refractivity contribution is 0.737. The van der Waals surface area contributed by atoms with Gasteiger partial charge in [-0.3, -0.25) is 4.99 Å². The van der Waals surface area contributed by atoms with Crippen LogP contribution in [0.2, 0.25) is 0 Å². The van der Waals surface area contributed by atoms with Gasteiger partial charge in [0.05, 0.1) is 0 Å². The maximum atomic E-state index is 4.49. The summed E-state index contributed by atoms with van der Waals surface area (Å²) in [5.74, 6) is 2.85. The van der Waals surface area contributed by atoms with E-state index in [1.54, 1.807) is 0 Å². The number of rotatable bonds is 5. The summed E-state index contributed by atoms with van der Waals surface area (Å²) in [5, 5.41) is 6.76. The third kappa shape index (κ3) is 4.09. The Kier molecular flexibility index (Phi) is 4.58. The van der Waals surface area contributed by atoms with Crippen molar-refractivity contribution in [3.63, 3.8) is 0 Å². The number of hydrogen-bond donors (Lipinski definition) is 2. The largest absolute Gasteiger partial charge is 0.357 e. The second-order valence-electron chi connectivity index (χ2n) is 5.97. The van der Waals surface area contributed by atoms with E-state index in [0.29, 0.717) is 0 Å². The number of aromatic nitrogens is 1. The zero-order valence-corrected chi connectivity index (χ0v) is 12.8. The predicted octanol–water partition coefficient (Wildman–Crippen LogP) is 1.76. The van der Waals surface area contributed by atoms with E-state index in [-0.39, 0.29) is 0 Å². The van der Waals surface area contributed by atoms with Crippen LogP contribution in [-0.4, -0.2) is 37.6 Å². The fourth-order valence-corrected chi connectivity index (χ4v) is 2.66. The van der Waals surface area contributed by atoms with Gasteiger partial charge >= 0.3 is 0 Å². The molecule has 1 aliphatic heterocycles. The molecule has 0 radical (unpaired) electrons. The molecule has 0 unspecified atom stereocenters. The highest BCUT2D eigenvalue weighted by molar-refractivity contribution is 5.79. The molecule has 0 atom stereocenters. The average Bonchev–Trinajstić information content (AvgIpc) is 3.19. The first-order valence-corrected chi connectivity index (χ1v) is 7.99. The molecule has 1 aromatic rings. The van der Waals surface area contributed by atoms with Crippen LogP contribution in [0, 0.1) is 5.92 Å². The van der Waals surface area contributed by atoms with Gasteiger partial charge < -0.3 is 15.5 Å². The second-order valence-corrected chi connectivity index (χ2v) is 5.97. The molecule has 2 aliphatic rings. The molecule has 114 valence electrons. The van der Waals surface area contributed by atoms with Crippen molar-refractivity contribution in [3.8, 4) is 0 Å². The number of anilines is 1. The van der Waals surface area contributed by atoms with Crippen molar-refractivity contribution in [1.29, 1.82) is 0 Å². The molecular weight excluding hydrogens is 262 g/mol. The minimum atomic E-state index is 0.785. The fraction of sp³-hybridized carbons (Fsp3) is 0.625. The number of nitrogens with zero attached hydrogens (tertiary/aromatic N) is 3. The van der Waals surface area contributed by atoms with Crippen LogP contribution in [0.4, 0.5) is 5.82 Å². The van der Waals surface area contributed by atoms with E-state index < -0.39 is 0 Å². The maximum absolute atomic E-state index is 4.49. The fourth-order valence-electron chi connectivity index (χ4n) is 2.66. The Labute approximate surface area is 126 Å². The third-order valence-corrected chi connectivity index (χ3v) is 4.18. The minimum absolute atomic E-state index is 0.785. The lowest BCUT2D eigenvalue weighted by Crippen LogP contribution is -2.37. The van der Waals surface area contributed by atoms with Crippen LogP contribution in [0.5, 0.6) is 0 Å². The van der Waals surface area contributed by atoms with Crippen molar-refractivity contribution in [2.75, 3.05) is 31.6 Å². The number of pyridine rings is 1.